The minimum atomic E-state index is -2.97. The Hall–Kier alpha value is -1.75. The lowest BCUT2D eigenvalue weighted by molar-refractivity contribution is -0.498. The smallest absolute Gasteiger partial charge is 0.362 e. The van der Waals surface area contributed by atoms with Gasteiger partial charge in [0.25, 0.3) is 0 Å². The van der Waals surface area contributed by atoms with Crippen LogP contribution in [0.15, 0.2) is 36.5 Å². The van der Waals surface area contributed by atoms with Crippen molar-refractivity contribution in [3.05, 3.63) is 36.5 Å². The van der Waals surface area contributed by atoms with E-state index in [4.69, 9.17) is 18.9 Å². The van der Waals surface area contributed by atoms with Gasteiger partial charge < -0.3 is 55.1 Å². The van der Waals surface area contributed by atoms with E-state index in [1.807, 2.05) is 0 Å². The summed E-state index contributed by atoms with van der Waals surface area (Å²) in [4.78, 5) is 12.8. The highest BCUT2D eigenvalue weighted by Crippen LogP contribution is 2.41. The van der Waals surface area contributed by atoms with Crippen molar-refractivity contribution < 1.29 is 64.6 Å². The van der Waals surface area contributed by atoms with Crippen molar-refractivity contribution in [2.75, 3.05) is 19.8 Å². The van der Waals surface area contributed by atoms with Crippen molar-refractivity contribution in [2.24, 2.45) is 0 Å². The molecule has 43 heavy (non-hydrogen) atoms. The Morgan fingerprint density at radius 3 is 1.91 bits per heavy atom. The van der Waals surface area contributed by atoms with E-state index in [1.54, 1.807) is 0 Å². The number of esters is 1. The number of unbranched alkanes of at least 4 members (excludes halogenated alkanes) is 5. The molecule has 248 valence electrons. The highest BCUT2D eigenvalue weighted by Gasteiger charge is 2.65. The molecular weight excluding hydrogens is 568 g/mol. The zero-order valence-corrected chi connectivity index (χ0v) is 24.8. The molecule has 9 atom stereocenters. The Balaban J connectivity index is 1.91. The molecule has 0 aromatic carbocycles. The molecular formula is C30H50O13. The molecule has 1 unspecified atom stereocenters. The van der Waals surface area contributed by atoms with Gasteiger partial charge in [0.2, 0.25) is 5.79 Å². The maximum absolute atomic E-state index is 12.8. The van der Waals surface area contributed by atoms with Crippen LogP contribution >= 0.6 is 0 Å². The summed E-state index contributed by atoms with van der Waals surface area (Å²) in [7, 11) is 0. The van der Waals surface area contributed by atoms with Crippen LogP contribution in [0.1, 0.15) is 71.1 Å². The summed E-state index contributed by atoms with van der Waals surface area (Å²) in [6, 6.07) is 0. The van der Waals surface area contributed by atoms with Crippen LogP contribution in [0.25, 0.3) is 0 Å². The summed E-state index contributed by atoms with van der Waals surface area (Å²) in [5.74, 6) is -6.49. The molecule has 0 radical (unpaired) electrons. The zero-order chi connectivity index (χ0) is 31.9. The fourth-order valence-electron chi connectivity index (χ4n) is 4.89. The molecule has 0 amide bonds. The zero-order valence-electron chi connectivity index (χ0n) is 24.8. The summed E-state index contributed by atoms with van der Waals surface area (Å²) in [6.07, 6.45) is 7.46. The van der Waals surface area contributed by atoms with Gasteiger partial charge in [-0.1, -0.05) is 62.6 Å². The Labute approximate surface area is 252 Å². The third-order valence-electron chi connectivity index (χ3n) is 7.42. The Kier molecular flexibility index (Phi) is 16.5. The monoisotopic (exact) mass is 618 g/mol. The second kappa shape index (κ2) is 18.9. The van der Waals surface area contributed by atoms with E-state index in [9.17, 15) is 45.6 Å². The fraction of sp³-hybridized carbons (Fsp3) is 0.767. The summed E-state index contributed by atoms with van der Waals surface area (Å²) in [6.45, 7) is -0.742. The minimum Gasteiger partial charge on any atom is -0.405 e. The van der Waals surface area contributed by atoms with Gasteiger partial charge in [0.1, 0.15) is 43.2 Å². The lowest BCUT2D eigenvalue weighted by atomic mass is 9.97. The van der Waals surface area contributed by atoms with Crippen molar-refractivity contribution in [1.82, 2.24) is 0 Å². The number of rotatable bonds is 19. The van der Waals surface area contributed by atoms with Gasteiger partial charge in [0.15, 0.2) is 6.10 Å². The van der Waals surface area contributed by atoms with Crippen LogP contribution < -0.4 is 0 Å². The standard InChI is InChI=1S/C30H50O13/c1-2-3-4-5-6-7-8-9-10-11-12-13-14-15-16-17-23(34)42-30(28(39)26(37)24(35)21(18-31)41-30)43-29(20-33)27(38)25(36)22(19-32)40-29/h3-4,6-7,9-10,21-22,24-28,31-33,35-39H,2,5,8,11-20H2,1H3/b4-3+,7-6+,10-9+/t21-,22-,24-,25-,26+,27+,28-,29?,30+/m1/s1. The van der Waals surface area contributed by atoms with Gasteiger partial charge in [0.05, 0.1) is 13.2 Å². The van der Waals surface area contributed by atoms with Crippen LogP contribution in [0, 0.1) is 0 Å². The Morgan fingerprint density at radius 1 is 0.721 bits per heavy atom. The molecule has 2 aliphatic rings. The molecule has 0 aliphatic carbocycles. The molecule has 0 bridgehead atoms. The third kappa shape index (κ3) is 10.4. The highest BCUT2D eigenvalue weighted by atomic mass is 16.9. The maximum Gasteiger partial charge on any atom is 0.362 e. The second-order valence-electron chi connectivity index (χ2n) is 10.8. The first-order valence-electron chi connectivity index (χ1n) is 15.1. The quantitative estimate of drug-likeness (QED) is 0.0417. The molecule has 8 N–H and O–H groups in total. The van der Waals surface area contributed by atoms with E-state index in [-0.39, 0.29) is 6.42 Å². The highest BCUT2D eigenvalue weighted by molar-refractivity contribution is 5.69. The third-order valence-corrected chi connectivity index (χ3v) is 7.42. The Morgan fingerprint density at radius 2 is 1.30 bits per heavy atom. The normalized spacial score (nSPS) is 35.0. The molecule has 0 spiro atoms. The molecule has 0 aromatic rings. The molecule has 2 saturated heterocycles. The molecule has 2 rings (SSSR count). The van der Waals surface area contributed by atoms with E-state index in [2.05, 4.69) is 43.4 Å². The number of carbonyl (C=O) groups is 1. The number of aliphatic hydroxyl groups excluding tert-OH is 8. The van der Waals surface area contributed by atoms with E-state index < -0.39 is 80.3 Å². The maximum atomic E-state index is 12.8. The second-order valence-corrected chi connectivity index (χ2v) is 10.8. The summed E-state index contributed by atoms with van der Waals surface area (Å²) < 4.78 is 21.6. The summed E-state index contributed by atoms with van der Waals surface area (Å²) in [5, 5.41) is 81.3. The SMILES string of the molecule is CC/C=C/C/C=C/C/C=C/CCCCCCCC(=O)O[C@@]1(OC2(CO)O[C@H](CO)[C@@H](O)[C@@H]2O)O[C@H](CO)[C@@H](O)[C@H](O)[C@H]1O. The average Bonchev–Trinajstić information content (AvgIpc) is 3.24. The number of aliphatic hydroxyl groups is 8. The predicted octanol–water partition coefficient (Wildman–Crippen LogP) is 0.0648. The number of carbonyl (C=O) groups excluding carboxylic acids is 1. The van der Waals surface area contributed by atoms with Crippen molar-refractivity contribution >= 4 is 5.97 Å². The van der Waals surface area contributed by atoms with E-state index in [0.717, 1.165) is 44.9 Å². The van der Waals surface area contributed by atoms with E-state index in [0.29, 0.717) is 12.8 Å². The minimum absolute atomic E-state index is 0.152. The fourth-order valence-corrected chi connectivity index (χ4v) is 4.89. The first-order chi connectivity index (χ1) is 20.6. The first kappa shape index (κ1) is 37.4. The van der Waals surface area contributed by atoms with Crippen molar-refractivity contribution in [3.8, 4) is 0 Å². The van der Waals surface area contributed by atoms with Crippen LogP contribution in [0.5, 0.6) is 0 Å². The van der Waals surface area contributed by atoms with Gasteiger partial charge in [-0.25, -0.2) is 0 Å². The van der Waals surface area contributed by atoms with Crippen molar-refractivity contribution in [3.63, 3.8) is 0 Å². The van der Waals surface area contributed by atoms with Gasteiger partial charge in [-0.3, -0.25) is 9.53 Å². The molecule has 13 nitrogen and oxygen atoms in total. The van der Waals surface area contributed by atoms with Gasteiger partial charge in [-0.2, -0.15) is 0 Å². The van der Waals surface area contributed by atoms with Gasteiger partial charge in [0, 0.05) is 6.42 Å². The van der Waals surface area contributed by atoms with Crippen LogP contribution in [-0.2, 0) is 23.7 Å². The molecule has 0 aromatic heterocycles. The summed E-state index contributed by atoms with van der Waals surface area (Å²) >= 11 is 0. The van der Waals surface area contributed by atoms with Gasteiger partial charge >= 0.3 is 11.9 Å². The number of allylic oxidation sites excluding steroid dienone is 6. The number of hydrogen-bond donors (Lipinski definition) is 8. The molecule has 2 aliphatic heterocycles. The lowest BCUT2D eigenvalue weighted by Gasteiger charge is -2.49. The first-order valence-corrected chi connectivity index (χ1v) is 15.1. The number of ether oxygens (including phenoxy) is 4. The number of hydrogen-bond acceptors (Lipinski definition) is 13. The average molecular weight is 619 g/mol. The van der Waals surface area contributed by atoms with E-state index >= 15 is 0 Å². The van der Waals surface area contributed by atoms with Crippen LogP contribution in [0.2, 0.25) is 0 Å². The summed E-state index contributed by atoms with van der Waals surface area (Å²) in [5.41, 5.74) is 0. The van der Waals surface area contributed by atoms with Crippen molar-refractivity contribution in [1.29, 1.82) is 0 Å². The van der Waals surface area contributed by atoms with Gasteiger partial charge in [-0.05, 0) is 38.5 Å². The molecule has 2 heterocycles. The van der Waals surface area contributed by atoms with E-state index in [1.165, 1.54) is 0 Å². The lowest BCUT2D eigenvalue weighted by Crippen LogP contribution is -2.70. The topological polar surface area (TPSA) is 216 Å². The van der Waals surface area contributed by atoms with Crippen molar-refractivity contribution in [2.45, 2.75) is 126 Å². The predicted molar refractivity (Wildman–Crippen MR) is 153 cm³/mol. The van der Waals surface area contributed by atoms with Crippen LogP contribution in [-0.4, -0.2) is 121 Å². The van der Waals surface area contributed by atoms with Crippen LogP contribution in [0.4, 0.5) is 0 Å². The molecule has 0 saturated carbocycles. The van der Waals surface area contributed by atoms with Crippen LogP contribution in [0.3, 0.4) is 0 Å². The molecule has 13 heteroatoms. The molecule has 2 fully saturated rings. The largest absolute Gasteiger partial charge is 0.405 e. The Bertz CT molecular complexity index is 893. The van der Waals surface area contributed by atoms with Gasteiger partial charge in [-0.15, -0.1) is 0 Å².